The number of benzene rings is 1. The standard InChI is InChI=1S/C16H14ClN5OS/c1-10-4-2-7-13(19-10)20-16(24)18-9-14-21-15(22-23-14)11-5-3-6-12(17)8-11/h2-8H,9H2,1H3,(H2,18,19,20,24). The van der Waals surface area contributed by atoms with Crippen LogP contribution in [0.4, 0.5) is 5.82 Å². The molecule has 0 aliphatic rings. The van der Waals surface area contributed by atoms with E-state index >= 15 is 0 Å². The molecule has 0 spiro atoms. The van der Waals surface area contributed by atoms with Gasteiger partial charge < -0.3 is 15.2 Å². The van der Waals surface area contributed by atoms with Gasteiger partial charge in [-0.3, -0.25) is 0 Å². The van der Waals surface area contributed by atoms with E-state index in [-0.39, 0.29) is 0 Å². The Bertz CT molecular complexity index is 867. The lowest BCUT2D eigenvalue weighted by atomic mass is 10.2. The van der Waals surface area contributed by atoms with Crippen molar-refractivity contribution in [3.05, 3.63) is 59.1 Å². The molecule has 0 bridgehead atoms. The topological polar surface area (TPSA) is 75.9 Å². The minimum atomic E-state index is 0.311. The highest BCUT2D eigenvalue weighted by molar-refractivity contribution is 7.80. The second kappa shape index (κ2) is 7.37. The third-order valence-corrected chi connectivity index (χ3v) is 3.56. The summed E-state index contributed by atoms with van der Waals surface area (Å²) in [5.41, 5.74) is 1.70. The normalized spacial score (nSPS) is 10.4. The van der Waals surface area contributed by atoms with Crippen LogP contribution in [-0.4, -0.2) is 20.2 Å². The van der Waals surface area contributed by atoms with Gasteiger partial charge in [-0.2, -0.15) is 4.98 Å². The van der Waals surface area contributed by atoms with Crippen molar-refractivity contribution in [3.8, 4) is 11.4 Å². The molecule has 0 fully saturated rings. The maximum atomic E-state index is 5.96. The quantitative estimate of drug-likeness (QED) is 0.689. The van der Waals surface area contributed by atoms with Crippen LogP contribution in [0.3, 0.4) is 0 Å². The summed E-state index contributed by atoms with van der Waals surface area (Å²) < 4.78 is 5.21. The van der Waals surface area contributed by atoms with E-state index in [1.807, 2.05) is 37.3 Å². The van der Waals surface area contributed by atoms with E-state index in [1.54, 1.807) is 12.1 Å². The Hall–Kier alpha value is -2.51. The molecule has 0 unspecified atom stereocenters. The molecule has 1 aromatic carbocycles. The van der Waals surface area contributed by atoms with E-state index < -0.39 is 0 Å². The zero-order chi connectivity index (χ0) is 16.9. The van der Waals surface area contributed by atoms with Gasteiger partial charge in [0.1, 0.15) is 5.82 Å². The van der Waals surface area contributed by atoms with Crippen molar-refractivity contribution in [2.24, 2.45) is 0 Å². The fourth-order valence-electron chi connectivity index (χ4n) is 2.00. The molecule has 0 amide bonds. The third-order valence-electron chi connectivity index (χ3n) is 3.08. The zero-order valence-electron chi connectivity index (χ0n) is 12.8. The smallest absolute Gasteiger partial charge is 0.246 e. The van der Waals surface area contributed by atoms with Crippen molar-refractivity contribution < 1.29 is 4.52 Å². The van der Waals surface area contributed by atoms with Crippen molar-refractivity contribution in [2.75, 3.05) is 5.32 Å². The Morgan fingerprint density at radius 2 is 2.04 bits per heavy atom. The zero-order valence-corrected chi connectivity index (χ0v) is 14.4. The predicted octanol–water partition coefficient (Wildman–Crippen LogP) is 3.58. The van der Waals surface area contributed by atoms with Crippen molar-refractivity contribution in [1.29, 1.82) is 0 Å². The first-order valence-electron chi connectivity index (χ1n) is 7.17. The number of nitrogens with one attached hydrogen (secondary N) is 2. The molecular formula is C16H14ClN5OS. The number of halogens is 1. The molecule has 6 nitrogen and oxygen atoms in total. The van der Waals surface area contributed by atoms with Crippen LogP contribution in [0.1, 0.15) is 11.6 Å². The molecular weight excluding hydrogens is 346 g/mol. The summed E-state index contributed by atoms with van der Waals surface area (Å²) in [6.07, 6.45) is 0. The number of aryl methyl sites for hydroxylation is 1. The highest BCUT2D eigenvalue weighted by Crippen LogP contribution is 2.19. The van der Waals surface area contributed by atoms with Crippen LogP contribution in [0.2, 0.25) is 5.02 Å². The van der Waals surface area contributed by atoms with Gasteiger partial charge in [-0.05, 0) is 43.4 Å². The lowest BCUT2D eigenvalue weighted by Gasteiger charge is -2.08. The fourth-order valence-corrected chi connectivity index (χ4v) is 2.37. The SMILES string of the molecule is Cc1cccc(NC(=S)NCc2nc(-c3cccc(Cl)c3)no2)n1. The van der Waals surface area contributed by atoms with Crippen LogP contribution in [0.15, 0.2) is 47.0 Å². The molecule has 0 saturated carbocycles. The summed E-state index contributed by atoms with van der Waals surface area (Å²) in [7, 11) is 0. The first kappa shape index (κ1) is 16.4. The monoisotopic (exact) mass is 359 g/mol. The van der Waals surface area contributed by atoms with Gasteiger partial charge >= 0.3 is 0 Å². The molecule has 2 N–H and O–H groups in total. The number of anilines is 1. The molecule has 0 saturated heterocycles. The van der Waals surface area contributed by atoms with Crippen LogP contribution in [0, 0.1) is 6.92 Å². The fraction of sp³-hybridized carbons (Fsp3) is 0.125. The van der Waals surface area contributed by atoms with E-state index in [0.717, 1.165) is 11.3 Å². The minimum Gasteiger partial charge on any atom is -0.353 e. The molecule has 0 atom stereocenters. The van der Waals surface area contributed by atoms with E-state index in [4.69, 9.17) is 28.3 Å². The van der Waals surface area contributed by atoms with Gasteiger partial charge in [-0.1, -0.05) is 35.0 Å². The van der Waals surface area contributed by atoms with E-state index in [1.165, 1.54) is 0 Å². The first-order valence-corrected chi connectivity index (χ1v) is 7.96. The van der Waals surface area contributed by atoms with E-state index in [9.17, 15) is 0 Å². The minimum absolute atomic E-state index is 0.311. The summed E-state index contributed by atoms with van der Waals surface area (Å²) >= 11 is 11.2. The van der Waals surface area contributed by atoms with Gasteiger partial charge in [0.05, 0.1) is 6.54 Å². The molecule has 3 aromatic rings. The number of nitrogens with zero attached hydrogens (tertiary/aromatic N) is 3. The maximum Gasteiger partial charge on any atom is 0.246 e. The molecule has 0 aliphatic heterocycles. The van der Waals surface area contributed by atoms with Gasteiger partial charge in [0.15, 0.2) is 5.11 Å². The Balaban J connectivity index is 1.58. The highest BCUT2D eigenvalue weighted by atomic mass is 35.5. The van der Waals surface area contributed by atoms with Gasteiger partial charge in [0.25, 0.3) is 0 Å². The third kappa shape index (κ3) is 4.27. The van der Waals surface area contributed by atoms with Crippen molar-refractivity contribution in [1.82, 2.24) is 20.4 Å². The van der Waals surface area contributed by atoms with Crippen LogP contribution in [-0.2, 0) is 6.54 Å². The molecule has 24 heavy (non-hydrogen) atoms. The summed E-state index contributed by atoms with van der Waals surface area (Å²) in [6.45, 7) is 2.22. The molecule has 0 aliphatic carbocycles. The summed E-state index contributed by atoms with van der Waals surface area (Å²) in [6, 6.07) is 12.9. The Morgan fingerprint density at radius 1 is 1.21 bits per heavy atom. The lowest BCUT2D eigenvalue weighted by molar-refractivity contribution is 0.376. The molecule has 2 heterocycles. The average molecular weight is 360 g/mol. The molecule has 2 aromatic heterocycles. The van der Waals surface area contributed by atoms with Crippen LogP contribution < -0.4 is 10.6 Å². The first-order chi connectivity index (χ1) is 11.6. The van der Waals surface area contributed by atoms with Gasteiger partial charge in [0.2, 0.25) is 11.7 Å². The second-order valence-electron chi connectivity index (χ2n) is 4.99. The number of rotatable bonds is 4. The summed E-state index contributed by atoms with van der Waals surface area (Å²) in [5, 5.41) is 11.0. The molecule has 8 heteroatoms. The molecule has 3 rings (SSSR count). The Labute approximate surface area is 149 Å². The van der Waals surface area contributed by atoms with Gasteiger partial charge in [0, 0.05) is 16.3 Å². The lowest BCUT2D eigenvalue weighted by Crippen LogP contribution is -2.28. The molecule has 122 valence electrons. The van der Waals surface area contributed by atoms with Crippen LogP contribution >= 0.6 is 23.8 Å². The average Bonchev–Trinajstić information content (AvgIpc) is 3.02. The number of pyridine rings is 1. The summed E-state index contributed by atoms with van der Waals surface area (Å²) in [4.78, 5) is 8.63. The van der Waals surface area contributed by atoms with Gasteiger partial charge in [-0.15, -0.1) is 0 Å². The largest absolute Gasteiger partial charge is 0.353 e. The summed E-state index contributed by atoms with van der Waals surface area (Å²) in [5.74, 6) is 1.58. The number of hydrogen-bond donors (Lipinski definition) is 2. The number of thiocarbonyl (C=S) groups is 1. The second-order valence-corrected chi connectivity index (χ2v) is 5.84. The Morgan fingerprint density at radius 3 is 2.83 bits per heavy atom. The Kier molecular flexibility index (Phi) is 5.02. The predicted molar refractivity (Wildman–Crippen MR) is 96.8 cm³/mol. The van der Waals surface area contributed by atoms with Crippen LogP contribution in [0.25, 0.3) is 11.4 Å². The van der Waals surface area contributed by atoms with E-state index in [0.29, 0.717) is 34.2 Å². The van der Waals surface area contributed by atoms with Crippen molar-refractivity contribution >= 4 is 34.7 Å². The number of hydrogen-bond acceptors (Lipinski definition) is 5. The molecule has 0 radical (unpaired) electrons. The van der Waals surface area contributed by atoms with Crippen molar-refractivity contribution in [2.45, 2.75) is 13.5 Å². The van der Waals surface area contributed by atoms with E-state index in [2.05, 4.69) is 25.8 Å². The highest BCUT2D eigenvalue weighted by Gasteiger charge is 2.09. The number of aromatic nitrogens is 3. The maximum absolute atomic E-state index is 5.96. The van der Waals surface area contributed by atoms with Gasteiger partial charge in [-0.25, -0.2) is 4.98 Å². The van der Waals surface area contributed by atoms with Crippen molar-refractivity contribution in [3.63, 3.8) is 0 Å². The van der Waals surface area contributed by atoms with Crippen LogP contribution in [0.5, 0.6) is 0 Å².